The molecule has 5 atom stereocenters. The number of rotatable bonds is 3. The van der Waals surface area contributed by atoms with E-state index in [2.05, 4.69) is 137 Å². The maximum atomic E-state index is 10.4. The van der Waals surface area contributed by atoms with Crippen LogP contribution < -0.4 is 14.5 Å². The largest absolute Gasteiger partial charge is 0.485 e. The highest BCUT2D eigenvalue weighted by Gasteiger charge is 2.46. The van der Waals surface area contributed by atoms with Gasteiger partial charge in [0.25, 0.3) is 0 Å². The van der Waals surface area contributed by atoms with Crippen LogP contribution in [0.15, 0.2) is 145 Å². The monoisotopic (exact) mass is 607 g/mol. The first-order chi connectivity index (χ1) is 23.3. The number of hydrogen-bond donors (Lipinski definition) is 0. The summed E-state index contributed by atoms with van der Waals surface area (Å²) in [5.41, 5.74) is 12.9. The van der Waals surface area contributed by atoms with Crippen LogP contribution in [0.4, 0.5) is 17.1 Å². The van der Waals surface area contributed by atoms with Crippen molar-refractivity contribution in [1.29, 1.82) is 5.26 Å². The minimum Gasteiger partial charge on any atom is -0.485 e. The molecule has 5 unspecified atom stereocenters. The van der Waals surface area contributed by atoms with Gasteiger partial charge in [-0.3, -0.25) is 0 Å². The molecule has 0 bridgehead atoms. The van der Waals surface area contributed by atoms with Crippen molar-refractivity contribution in [2.45, 2.75) is 43.4 Å². The van der Waals surface area contributed by atoms with Crippen LogP contribution in [0.3, 0.4) is 0 Å². The van der Waals surface area contributed by atoms with Crippen molar-refractivity contribution in [2.75, 3.05) is 9.80 Å². The normalized spacial score (nSPS) is 25.7. The molecule has 0 N–H and O–H groups in total. The number of allylic oxidation sites excluding steroid dienone is 4. The van der Waals surface area contributed by atoms with Gasteiger partial charge in [-0.05, 0) is 72.0 Å². The van der Waals surface area contributed by atoms with Crippen LogP contribution in [0.25, 0.3) is 16.7 Å². The summed E-state index contributed by atoms with van der Waals surface area (Å²) in [7, 11) is 0. The topological polar surface area (TPSA) is 39.5 Å². The number of fused-ring (bicyclic) bond motifs is 8. The molecule has 47 heavy (non-hydrogen) atoms. The summed E-state index contributed by atoms with van der Waals surface area (Å²) in [4.78, 5) is 5.00. The van der Waals surface area contributed by atoms with Crippen LogP contribution in [0.1, 0.15) is 41.9 Å². The van der Waals surface area contributed by atoms with Crippen LogP contribution in [-0.2, 0) is 0 Å². The summed E-state index contributed by atoms with van der Waals surface area (Å²) >= 11 is 0. The van der Waals surface area contributed by atoms with E-state index in [0.29, 0.717) is 17.5 Å². The van der Waals surface area contributed by atoms with Gasteiger partial charge in [0.1, 0.15) is 11.9 Å². The smallest absolute Gasteiger partial charge is 0.127 e. The molecule has 226 valence electrons. The van der Waals surface area contributed by atoms with Gasteiger partial charge >= 0.3 is 0 Å². The van der Waals surface area contributed by atoms with Crippen LogP contribution in [-0.4, -0.2) is 18.2 Å². The Morgan fingerprint density at radius 3 is 2.53 bits per heavy atom. The third kappa shape index (κ3) is 3.87. The number of nitriles is 1. The van der Waals surface area contributed by atoms with E-state index in [-0.39, 0.29) is 18.1 Å². The predicted octanol–water partition coefficient (Wildman–Crippen LogP) is 9.61. The third-order valence-corrected chi connectivity index (χ3v) is 11.0. The third-order valence-electron chi connectivity index (χ3n) is 11.0. The molecule has 0 aromatic heterocycles. The van der Waals surface area contributed by atoms with E-state index >= 15 is 0 Å². The lowest BCUT2D eigenvalue weighted by molar-refractivity contribution is 0.244. The Bertz CT molecular complexity index is 2160. The molecule has 0 fully saturated rings. The fraction of sp³-hybridized carbons (Fsp3) is 0.186. The molecule has 3 aliphatic carbocycles. The lowest BCUT2D eigenvalue weighted by atomic mass is 9.81. The molecule has 0 saturated carbocycles. The van der Waals surface area contributed by atoms with Crippen molar-refractivity contribution < 1.29 is 4.74 Å². The number of benzene rings is 4. The SMILES string of the molecule is N#Cc1cccc(N2c3ccccc3C3C=C4c5ccccc5OC4CC32)c1-c1ccc(N2C3=C(CCC=C3)C3C=CC=CC32)cc1. The average molecular weight is 608 g/mol. The average Bonchev–Trinajstić information content (AvgIpc) is 3.77. The van der Waals surface area contributed by atoms with E-state index in [4.69, 9.17) is 4.74 Å². The minimum atomic E-state index is 0.0216. The Kier molecular flexibility index (Phi) is 5.81. The van der Waals surface area contributed by atoms with Gasteiger partial charge in [-0.2, -0.15) is 5.26 Å². The second-order valence-electron chi connectivity index (χ2n) is 13.3. The number of ether oxygens (including phenoxy) is 1. The van der Waals surface area contributed by atoms with E-state index < -0.39 is 0 Å². The van der Waals surface area contributed by atoms with E-state index in [0.717, 1.165) is 41.8 Å². The molecule has 6 aliphatic rings. The zero-order valence-corrected chi connectivity index (χ0v) is 26.0. The number of nitrogens with zero attached hydrogens (tertiary/aromatic N) is 3. The number of hydrogen-bond acceptors (Lipinski definition) is 4. The van der Waals surface area contributed by atoms with Gasteiger partial charge in [0.2, 0.25) is 0 Å². The van der Waals surface area contributed by atoms with Gasteiger partial charge < -0.3 is 14.5 Å². The first kappa shape index (κ1) is 26.7. The van der Waals surface area contributed by atoms with Crippen molar-refractivity contribution in [3.63, 3.8) is 0 Å². The first-order valence-electron chi connectivity index (χ1n) is 16.8. The van der Waals surface area contributed by atoms with E-state index in [9.17, 15) is 5.26 Å². The van der Waals surface area contributed by atoms with E-state index in [1.807, 2.05) is 12.1 Å². The van der Waals surface area contributed by atoms with Gasteiger partial charge in [-0.15, -0.1) is 0 Å². The molecule has 4 aromatic carbocycles. The summed E-state index contributed by atoms with van der Waals surface area (Å²) in [6, 6.07) is 35.3. The minimum absolute atomic E-state index is 0.0216. The molecule has 3 aliphatic heterocycles. The van der Waals surface area contributed by atoms with Crippen LogP contribution in [0.5, 0.6) is 5.75 Å². The maximum absolute atomic E-state index is 10.4. The van der Waals surface area contributed by atoms with Gasteiger partial charge in [0, 0.05) is 58.1 Å². The first-order valence-corrected chi connectivity index (χ1v) is 16.8. The molecule has 10 rings (SSSR count). The Labute approximate surface area is 275 Å². The Balaban J connectivity index is 1.07. The van der Waals surface area contributed by atoms with Crippen molar-refractivity contribution in [1.82, 2.24) is 0 Å². The summed E-state index contributed by atoms with van der Waals surface area (Å²) in [6.45, 7) is 0. The quantitative estimate of drug-likeness (QED) is 0.233. The highest BCUT2D eigenvalue weighted by atomic mass is 16.5. The Morgan fingerprint density at radius 2 is 1.62 bits per heavy atom. The molecule has 0 spiro atoms. The fourth-order valence-corrected chi connectivity index (χ4v) is 9.08. The number of para-hydroxylation sites is 2. The Morgan fingerprint density at radius 1 is 0.787 bits per heavy atom. The summed E-state index contributed by atoms with van der Waals surface area (Å²) in [6.07, 6.45) is 19.3. The van der Waals surface area contributed by atoms with Gasteiger partial charge in [-0.25, -0.2) is 0 Å². The molecule has 0 radical (unpaired) electrons. The van der Waals surface area contributed by atoms with Crippen molar-refractivity contribution in [2.24, 2.45) is 5.92 Å². The molecule has 3 heterocycles. The standard InChI is InChI=1S/C43H33N3O/c44-26-28-10-9-18-39(43(28)27-20-22-29(23-21-27)45-36-15-5-1-11-30(36)31-12-2-6-16-37(31)45)46-38-17-7-3-13-32(38)34-24-35-33-14-4-8-19-41(33)47-42(35)25-40(34)46/h1,3-11,13-24,30,34,36,40,42H,2,12,25H2. The van der Waals surface area contributed by atoms with Gasteiger partial charge in [-0.1, -0.05) is 91.1 Å². The van der Waals surface area contributed by atoms with Crippen LogP contribution >= 0.6 is 0 Å². The van der Waals surface area contributed by atoms with E-state index in [1.54, 1.807) is 5.57 Å². The maximum Gasteiger partial charge on any atom is 0.127 e. The highest BCUT2D eigenvalue weighted by molar-refractivity contribution is 5.91. The van der Waals surface area contributed by atoms with Crippen LogP contribution in [0, 0.1) is 17.2 Å². The van der Waals surface area contributed by atoms with Crippen molar-refractivity contribution >= 4 is 22.6 Å². The second kappa shape index (κ2) is 10.2. The fourth-order valence-electron chi connectivity index (χ4n) is 9.08. The summed E-state index contributed by atoms with van der Waals surface area (Å²) in [5, 5.41) is 10.4. The molecule has 0 saturated heterocycles. The second-order valence-corrected chi connectivity index (χ2v) is 13.3. The molecular formula is C43H33N3O. The zero-order valence-electron chi connectivity index (χ0n) is 26.0. The highest BCUT2D eigenvalue weighted by Crippen LogP contribution is 2.55. The van der Waals surface area contributed by atoms with Crippen molar-refractivity contribution in [3.05, 3.63) is 161 Å². The van der Waals surface area contributed by atoms with Gasteiger partial charge in [0.05, 0.1) is 23.4 Å². The summed E-state index contributed by atoms with van der Waals surface area (Å²) < 4.78 is 6.53. The molecular weight excluding hydrogens is 574 g/mol. The lowest BCUT2D eigenvalue weighted by Gasteiger charge is -2.36. The molecule has 4 nitrogen and oxygen atoms in total. The number of anilines is 3. The lowest BCUT2D eigenvalue weighted by Crippen LogP contribution is -2.37. The molecule has 4 heteroatoms. The van der Waals surface area contributed by atoms with Crippen LogP contribution in [0.2, 0.25) is 0 Å². The molecule has 0 amide bonds. The summed E-state index contributed by atoms with van der Waals surface area (Å²) in [5.74, 6) is 1.64. The predicted molar refractivity (Wildman–Crippen MR) is 189 cm³/mol. The molecule has 4 aromatic rings. The zero-order chi connectivity index (χ0) is 31.1. The van der Waals surface area contributed by atoms with Crippen molar-refractivity contribution in [3.8, 4) is 22.9 Å². The van der Waals surface area contributed by atoms with E-state index in [1.165, 1.54) is 33.8 Å². The Hall–Kier alpha value is -5.53. The van der Waals surface area contributed by atoms with Gasteiger partial charge in [0.15, 0.2) is 0 Å².